The molecule has 1 fully saturated rings. The third-order valence-electron chi connectivity index (χ3n) is 4.85. The molecule has 1 unspecified atom stereocenters. The summed E-state index contributed by atoms with van der Waals surface area (Å²) in [5, 5.41) is 9.14. The van der Waals surface area contributed by atoms with Crippen molar-refractivity contribution in [3.8, 4) is 17.0 Å². The van der Waals surface area contributed by atoms with Crippen molar-refractivity contribution in [3.05, 3.63) is 29.6 Å². The Morgan fingerprint density at radius 1 is 1.31 bits per heavy atom. The van der Waals surface area contributed by atoms with Crippen LogP contribution in [-0.2, 0) is 14.3 Å². The number of anilines is 1. The van der Waals surface area contributed by atoms with Crippen LogP contribution in [0.25, 0.3) is 16.2 Å². The van der Waals surface area contributed by atoms with Gasteiger partial charge in [0.05, 0.1) is 25.3 Å². The molecule has 1 atom stereocenters. The minimum absolute atomic E-state index is 0.0391. The van der Waals surface area contributed by atoms with Gasteiger partial charge in [-0.25, -0.2) is 4.52 Å². The molecule has 2 aromatic heterocycles. The van der Waals surface area contributed by atoms with E-state index in [-0.39, 0.29) is 24.2 Å². The molecule has 1 aliphatic heterocycles. The molecule has 0 spiro atoms. The van der Waals surface area contributed by atoms with E-state index in [2.05, 4.69) is 15.4 Å². The van der Waals surface area contributed by atoms with Gasteiger partial charge in [-0.1, -0.05) is 0 Å². The molecule has 1 saturated heterocycles. The summed E-state index contributed by atoms with van der Waals surface area (Å²) < 4.78 is 11.9. The number of nitrogens with one attached hydrogen (secondary N) is 1. The number of carbonyl (C=O) groups is 2. The first-order valence-electron chi connectivity index (χ1n) is 9.15. The van der Waals surface area contributed by atoms with Crippen LogP contribution < -0.4 is 10.1 Å². The molecule has 1 aromatic carbocycles. The normalized spacial score (nSPS) is 16.6. The van der Waals surface area contributed by atoms with Crippen LogP contribution in [0, 0.1) is 5.92 Å². The number of nitrogens with zero attached hydrogens (tertiary/aromatic N) is 4. The number of amides is 2. The fraction of sp³-hybridized carbons (Fsp3) is 0.368. The quantitative estimate of drug-likeness (QED) is 0.633. The summed E-state index contributed by atoms with van der Waals surface area (Å²) in [6.07, 6.45) is 0.189. The van der Waals surface area contributed by atoms with Gasteiger partial charge < -0.3 is 14.4 Å². The first-order chi connectivity index (χ1) is 14.1. The van der Waals surface area contributed by atoms with E-state index in [4.69, 9.17) is 9.47 Å². The standard InChI is InChI=1S/C19H21N5O4S/c1-27-8-7-23-10-13(9-16(23)25)17(26)20-18-21-19-24(22-18)15(11-29-19)12-3-5-14(28-2)6-4-12/h3-6,11,13H,7-10H2,1-2H3,(H,20,22,26). The number of carbonyl (C=O) groups excluding carboxylic acids is 2. The second-order valence-electron chi connectivity index (χ2n) is 6.70. The van der Waals surface area contributed by atoms with Crippen molar-refractivity contribution in [2.75, 3.05) is 39.2 Å². The summed E-state index contributed by atoms with van der Waals surface area (Å²) in [5.74, 6) is 0.309. The van der Waals surface area contributed by atoms with Crippen LogP contribution in [-0.4, -0.2) is 65.2 Å². The number of likely N-dealkylation sites (tertiary alicyclic amines) is 1. The van der Waals surface area contributed by atoms with Gasteiger partial charge in [0.1, 0.15) is 5.75 Å². The Hall–Kier alpha value is -2.98. The number of hydrogen-bond acceptors (Lipinski definition) is 7. The number of ether oxygens (including phenoxy) is 2. The molecule has 3 heterocycles. The molecule has 152 valence electrons. The molecule has 3 aromatic rings. The minimum atomic E-state index is -0.415. The molecule has 0 bridgehead atoms. The molecule has 2 amide bonds. The van der Waals surface area contributed by atoms with E-state index < -0.39 is 5.92 Å². The van der Waals surface area contributed by atoms with Crippen molar-refractivity contribution in [2.45, 2.75) is 6.42 Å². The Labute approximate surface area is 171 Å². The lowest BCUT2D eigenvalue weighted by molar-refractivity contribution is -0.128. The van der Waals surface area contributed by atoms with Crippen LogP contribution in [0.4, 0.5) is 5.95 Å². The highest BCUT2D eigenvalue weighted by Gasteiger charge is 2.34. The van der Waals surface area contributed by atoms with Gasteiger partial charge in [0.2, 0.25) is 22.7 Å². The number of fused-ring (bicyclic) bond motifs is 1. The van der Waals surface area contributed by atoms with Gasteiger partial charge in [-0.05, 0) is 24.3 Å². The summed E-state index contributed by atoms with van der Waals surface area (Å²) in [6.45, 7) is 1.32. The molecular weight excluding hydrogens is 394 g/mol. The Morgan fingerprint density at radius 3 is 2.83 bits per heavy atom. The zero-order valence-corrected chi connectivity index (χ0v) is 16.9. The monoisotopic (exact) mass is 415 g/mol. The Kier molecular flexibility index (Phi) is 5.45. The van der Waals surface area contributed by atoms with Crippen molar-refractivity contribution in [1.29, 1.82) is 0 Å². The highest BCUT2D eigenvalue weighted by molar-refractivity contribution is 7.15. The lowest BCUT2D eigenvalue weighted by Crippen LogP contribution is -2.31. The lowest BCUT2D eigenvalue weighted by atomic mass is 10.1. The second kappa shape index (κ2) is 8.18. The summed E-state index contributed by atoms with van der Waals surface area (Å²) >= 11 is 1.44. The van der Waals surface area contributed by atoms with E-state index in [1.165, 1.54) is 11.3 Å². The third kappa shape index (κ3) is 3.94. The molecule has 10 heteroatoms. The van der Waals surface area contributed by atoms with Crippen molar-refractivity contribution in [1.82, 2.24) is 19.5 Å². The first kappa shape index (κ1) is 19.3. The van der Waals surface area contributed by atoms with E-state index in [9.17, 15) is 9.59 Å². The number of hydrogen-bond donors (Lipinski definition) is 1. The van der Waals surface area contributed by atoms with Crippen LogP contribution in [0.2, 0.25) is 0 Å². The topological polar surface area (TPSA) is 98.1 Å². The molecule has 0 radical (unpaired) electrons. The van der Waals surface area contributed by atoms with Gasteiger partial charge in [-0.2, -0.15) is 4.98 Å². The Bertz CT molecular complexity index is 1030. The van der Waals surface area contributed by atoms with Crippen LogP contribution >= 0.6 is 11.3 Å². The molecule has 0 saturated carbocycles. The van der Waals surface area contributed by atoms with Crippen LogP contribution in [0.1, 0.15) is 6.42 Å². The zero-order chi connectivity index (χ0) is 20.4. The summed E-state index contributed by atoms with van der Waals surface area (Å²) in [4.78, 5) is 31.3. The maximum Gasteiger partial charge on any atom is 0.250 e. The lowest BCUT2D eigenvalue weighted by Gasteiger charge is -2.15. The molecule has 4 rings (SSSR count). The number of aromatic nitrogens is 3. The van der Waals surface area contributed by atoms with Crippen molar-refractivity contribution in [2.24, 2.45) is 5.92 Å². The summed E-state index contributed by atoms with van der Waals surface area (Å²) in [6, 6.07) is 7.65. The van der Waals surface area contributed by atoms with E-state index in [0.29, 0.717) is 24.7 Å². The summed E-state index contributed by atoms with van der Waals surface area (Å²) in [5.41, 5.74) is 1.84. The van der Waals surface area contributed by atoms with Crippen LogP contribution in [0.3, 0.4) is 0 Å². The summed E-state index contributed by atoms with van der Waals surface area (Å²) in [7, 11) is 3.21. The Balaban J connectivity index is 1.47. The van der Waals surface area contributed by atoms with E-state index in [1.807, 2.05) is 29.6 Å². The van der Waals surface area contributed by atoms with Crippen molar-refractivity contribution in [3.63, 3.8) is 0 Å². The fourth-order valence-corrected chi connectivity index (χ4v) is 4.10. The van der Waals surface area contributed by atoms with Gasteiger partial charge in [0.25, 0.3) is 0 Å². The average Bonchev–Trinajstić information content (AvgIpc) is 3.40. The van der Waals surface area contributed by atoms with Gasteiger partial charge in [-0.15, -0.1) is 16.4 Å². The molecule has 9 nitrogen and oxygen atoms in total. The number of thiazole rings is 1. The van der Waals surface area contributed by atoms with Gasteiger partial charge in [0, 0.05) is 37.6 Å². The van der Waals surface area contributed by atoms with Crippen molar-refractivity contribution >= 4 is 34.1 Å². The van der Waals surface area contributed by atoms with Crippen molar-refractivity contribution < 1.29 is 19.1 Å². The van der Waals surface area contributed by atoms with Crippen LogP contribution in [0.15, 0.2) is 29.6 Å². The first-order valence-corrected chi connectivity index (χ1v) is 10.0. The van der Waals surface area contributed by atoms with E-state index >= 15 is 0 Å². The third-order valence-corrected chi connectivity index (χ3v) is 5.67. The van der Waals surface area contributed by atoms with Gasteiger partial charge in [0.15, 0.2) is 0 Å². The number of rotatable bonds is 7. The fourth-order valence-electron chi connectivity index (χ4n) is 3.27. The predicted octanol–water partition coefficient (Wildman–Crippen LogP) is 1.90. The van der Waals surface area contributed by atoms with E-state index in [1.54, 1.807) is 23.6 Å². The van der Waals surface area contributed by atoms with Crippen LogP contribution in [0.5, 0.6) is 5.75 Å². The predicted molar refractivity (Wildman–Crippen MR) is 108 cm³/mol. The molecule has 1 N–H and O–H groups in total. The van der Waals surface area contributed by atoms with Gasteiger partial charge >= 0.3 is 0 Å². The molecule has 29 heavy (non-hydrogen) atoms. The number of benzene rings is 1. The smallest absolute Gasteiger partial charge is 0.250 e. The second-order valence-corrected chi connectivity index (χ2v) is 7.54. The Morgan fingerprint density at radius 2 is 2.10 bits per heavy atom. The largest absolute Gasteiger partial charge is 0.497 e. The SMILES string of the molecule is COCCN1CC(C(=O)Nc2nc3scc(-c4ccc(OC)cc4)n3n2)CC1=O. The molecule has 1 aliphatic rings. The molecule has 0 aliphatic carbocycles. The van der Waals surface area contributed by atoms with Gasteiger partial charge in [-0.3, -0.25) is 14.9 Å². The highest BCUT2D eigenvalue weighted by atomic mass is 32.1. The van der Waals surface area contributed by atoms with E-state index in [0.717, 1.165) is 17.0 Å². The highest BCUT2D eigenvalue weighted by Crippen LogP contribution is 2.27. The zero-order valence-electron chi connectivity index (χ0n) is 16.1. The maximum atomic E-state index is 12.6. The average molecular weight is 415 g/mol. The minimum Gasteiger partial charge on any atom is -0.497 e. The molecular formula is C19H21N5O4S. The maximum absolute atomic E-state index is 12.6. The number of methoxy groups -OCH3 is 2.